The highest BCUT2D eigenvalue weighted by molar-refractivity contribution is 5.69. The fraction of sp³-hybridized carbons (Fsp3) is 0.600. The van der Waals surface area contributed by atoms with Gasteiger partial charge >= 0.3 is 6.09 Å². The molecule has 2 atom stereocenters. The second-order valence-electron chi connectivity index (χ2n) is 8.18. The fourth-order valence-corrected chi connectivity index (χ4v) is 3.99. The Bertz CT molecular complexity index is 668. The molecule has 0 aliphatic heterocycles. The lowest BCUT2D eigenvalue weighted by atomic mass is 9.73. The Labute approximate surface area is 144 Å². The van der Waals surface area contributed by atoms with Crippen molar-refractivity contribution in [2.24, 2.45) is 5.41 Å². The number of carbonyl (C=O) groups excluding carboxylic acids is 1. The molecule has 2 aliphatic rings. The summed E-state index contributed by atoms with van der Waals surface area (Å²) in [6.45, 7) is 5.67. The highest BCUT2D eigenvalue weighted by Gasteiger charge is 2.51. The number of rotatable bonds is 1. The van der Waals surface area contributed by atoms with Crippen LogP contribution in [0.2, 0.25) is 0 Å². The summed E-state index contributed by atoms with van der Waals surface area (Å²) >= 11 is 0. The average molecular weight is 326 g/mol. The van der Waals surface area contributed by atoms with E-state index < -0.39 is 5.60 Å². The molecule has 3 rings (SSSR count). The lowest BCUT2D eigenvalue weighted by Crippen LogP contribution is -2.50. The van der Waals surface area contributed by atoms with Gasteiger partial charge in [0.1, 0.15) is 11.3 Å². The lowest BCUT2D eigenvalue weighted by Gasteiger charge is -2.37. The number of alkyl carbamates (subject to hydrolysis) is 1. The van der Waals surface area contributed by atoms with Crippen molar-refractivity contribution in [2.45, 2.75) is 70.4 Å². The van der Waals surface area contributed by atoms with Crippen LogP contribution in [0.25, 0.3) is 0 Å². The molecule has 0 saturated heterocycles. The molecular weight excluding hydrogens is 300 g/mol. The first kappa shape index (κ1) is 16.8. The molecule has 0 aromatic carbocycles. The fourth-order valence-electron chi connectivity index (χ4n) is 3.99. The van der Waals surface area contributed by atoms with E-state index in [0.29, 0.717) is 0 Å². The van der Waals surface area contributed by atoms with Crippen molar-refractivity contribution in [2.75, 3.05) is 0 Å². The van der Waals surface area contributed by atoms with Crippen molar-refractivity contribution in [1.29, 1.82) is 0 Å². The molecule has 4 nitrogen and oxygen atoms in total. The number of fused-ring (bicyclic) bond motifs is 2. The Morgan fingerprint density at radius 3 is 2.79 bits per heavy atom. The Morgan fingerprint density at radius 2 is 2.08 bits per heavy atom. The van der Waals surface area contributed by atoms with E-state index in [1.165, 1.54) is 0 Å². The zero-order valence-electron chi connectivity index (χ0n) is 14.8. The molecule has 128 valence electrons. The van der Waals surface area contributed by atoms with E-state index in [9.17, 15) is 4.79 Å². The molecule has 1 N–H and O–H groups in total. The molecule has 1 aromatic rings. The van der Waals surface area contributed by atoms with Crippen LogP contribution in [0.5, 0.6) is 0 Å². The van der Waals surface area contributed by atoms with Crippen LogP contribution in [0.1, 0.15) is 65.0 Å². The minimum Gasteiger partial charge on any atom is -0.444 e. The van der Waals surface area contributed by atoms with Crippen molar-refractivity contribution in [1.82, 2.24) is 10.3 Å². The van der Waals surface area contributed by atoms with Gasteiger partial charge in [0.25, 0.3) is 0 Å². The highest BCUT2D eigenvalue weighted by Crippen LogP contribution is 2.53. The van der Waals surface area contributed by atoms with Crippen molar-refractivity contribution < 1.29 is 9.53 Å². The maximum atomic E-state index is 12.2. The number of hydrogen-bond donors (Lipinski definition) is 1. The minimum atomic E-state index is -0.468. The third kappa shape index (κ3) is 3.90. The van der Waals surface area contributed by atoms with Gasteiger partial charge in [-0.3, -0.25) is 0 Å². The summed E-state index contributed by atoms with van der Waals surface area (Å²) in [4.78, 5) is 16.5. The van der Waals surface area contributed by atoms with E-state index >= 15 is 0 Å². The summed E-state index contributed by atoms with van der Waals surface area (Å²) < 4.78 is 5.45. The zero-order valence-corrected chi connectivity index (χ0v) is 14.8. The largest absolute Gasteiger partial charge is 0.444 e. The SMILES string of the molecule is CC(C)(C)OC(=O)N[C@@]12CCC[C@@](C#Cc3ccccn3)(CC1)C2. The molecule has 1 heterocycles. The highest BCUT2D eigenvalue weighted by atomic mass is 16.6. The summed E-state index contributed by atoms with van der Waals surface area (Å²) in [5, 5.41) is 3.16. The van der Waals surface area contributed by atoms with Crippen molar-refractivity contribution in [3.63, 3.8) is 0 Å². The molecule has 2 bridgehead atoms. The van der Waals surface area contributed by atoms with Crippen LogP contribution < -0.4 is 5.32 Å². The van der Waals surface area contributed by atoms with Crippen molar-refractivity contribution in [3.8, 4) is 11.8 Å². The number of aromatic nitrogens is 1. The molecule has 0 spiro atoms. The monoisotopic (exact) mass is 326 g/mol. The van der Waals surface area contributed by atoms with Crippen molar-refractivity contribution in [3.05, 3.63) is 30.1 Å². The lowest BCUT2D eigenvalue weighted by molar-refractivity contribution is 0.0429. The predicted molar refractivity (Wildman–Crippen MR) is 93.4 cm³/mol. The van der Waals surface area contributed by atoms with E-state index in [-0.39, 0.29) is 17.0 Å². The van der Waals surface area contributed by atoms with E-state index in [0.717, 1.165) is 44.2 Å². The summed E-state index contributed by atoms with van der Waals surface area (Å²) in [5.41, 5.74) is 0.198. The molecule has 24 heavy (non-hydrogen) atoms. The average Bonchev–Trinajstić information content (AvgIpc) is 2.75. The molecule has 0 unspecified atom stereocenters. The maximum absolute atomic E-state index is 12.2. The van der Waals surface area contributed by atoms with Gasteiger partial charge in [-0.25, -0.2) is 9.78 Å². The number of carbonyl (C=O) groups is 1. The van der Waals surface area contributed by atoms with Gasteiger partial charge in [-0.2, -0.15) is 0 Å². The number of nitrogens with one attached hydrogen (secondary N) is 1. The van der Waals surface area contributed by atoms with Crippen LogP contribution in [-0.2, 0) is 4.74 Å². The first-order valence-electron chi connectivity index (χ1n) is 8.75. The standard InChI is InChI=1S/C20H26N2O2/c1-18(2,3)24-17(23)22-20-10-6-9-19(15-20,12-13-20)11-8-16-7-4-5-14-21-16/h4-5,7,14H,6,9-10,12-13,15H2,1-3H3,(H,22,23)/t19-,20+/m1/s1. The molecule has 2 aliphatic carbocycles. The van der Waals surface area contributed by atoms with Gasteiger partial charge in [0, 0.05) is 17.2 Å². The Hall–Kier alpha value is -2.02. The van der Waals surface area contributed by atoms with E-state index in [4.69, 9.17) is 4.74 Å². The van der Waals surface area contributed by atoms with Crippen LogP contribution in [0.15, 0.2) is 24.4 Å². The molecular formula is C20H26N2O2. The van der Waals surface area contributed by atoms with E-state index in [2.05, 4.69) is 22.1 Å². The summed E-state index contributed by atoms with van der Waals surface area (Å²) in [5.74, 6) is 6.72. The number of nitrogens with zero attached hydrogens (tertiary/aromatic N) is 1. The van der Waals surface area contributed by atoms with Gasteiger partial charge in [0.2, 0.25) is 0 Å². The predicted octanol–water partition coefficient (Wildman–Crippen LogP) is 4.05. The molecule has 0 radical (unpaired) electrons. The van der Waals surface area contributed by atoms with Crippen LogP contribution in [0.4, 0.5) is 4.79 Å². The Balaban J connectivity index is 1.71. The Kier molecular flexibility index (Phi) is 4.29. The van der Waals surface area contributed by atoms with E-state index in [1.807, 2.05) is 39.0 Å². The summed E-state index contributed by atoms with van der Waals surface area (Å²) in [6, 6.07) is 5.79. The summed E-state index contributed by atoms with van der Waals surface area (Å²) in [7, 11) is 0. The van der Waals surface area contributed by atoms with E-state index in [1.54, 1.807) is 6.20 Å². The van der Waals surface area contributed by atoms with Gasteiger partial charge in [0.15, 0.2) is 0 Å². The minimum absolute atomic E-state index is 0.00475. The molecule has 1 amide bonds. The van der Waals surface area contributed by atoms with Gasteiger partial charge in [-0.1, -0.05) is 12.0 Å². The van der Waals surface area contributed by atoms with Gasteiger partial charge in [0.05, 0.1) is 0 Å². The van der Waals surface area contributed by atoms with Gasteiger partial charge in [-0.05, 0) is 77.3 Å². The van der Waals surface area contributed by atoms with Crippen molar-refractivity contribution >= 4 is 6.09 Å². The first-order valence-corrected chi connectivity index (χ1v) is 8.75. The van der Waals surface area contributed by atoms with Crippen LogP contribution >= 0.6 is 0 Å². The second kappa shape index (κ2) is 6.12. The smallest absolute Gasteiger partial charge is 0.408 e. The topological polar surface area (TPSA) is 51.2 Å². The number of pyridine rings is 1. The number of amides is 1. The quantitative estimate of drug-likeness (QED) is 0.792. The number of hydrogen-bond acceptors (Lipinski definition) is 3. The van der Waals surface area contributed by atoms with Gasteiger partial charge < -0.3 is 10.1 Å². The Morgan fingerprint density at radius 1 is 1.25 bits per heavy atom. The third-order valence-corrected chi connectivity index (χ3v) is 4.96. The van der Waals surface area contributed by atoms with Crippen LogP contribution in [-0.4, -0.2) is 22.2 Å². The van der Waals surface area contributed by atoms with Gasteiger partial charge in [-0.15, -0.1) is 0 Å². The normalized spacial score (nSPS) is 28.6. The number of ether oxygens (including phenoxy) is 1. The molecule has 2 fully saturated rings. The molecule has 1 aromatic heterocycles. The first-order chi connectivity index (χ1) is 11.3. The van der Waals surface area contributed by atoms with Crippen LogP contribution in [0, 0.1) is 17.3 Å². The molecule has 4 heteroatoms. The van der Waals surface area contributed by atoms with Crippen LogP contribution in [0.3, 0.4) is 0 Å². The summed E-state index contributed by atoms with van der Waals surface area (Å²) in [6.07, 6.45) is 7.59. The third-order valence-electron chi connectivity index (χ3n) is 4.96. The maximum Gasteiger partial charge on any atom is 0.408 e. The molecule has 2 saturated carbocycles. The zero-order chi connectivity index (χ0) is 17.3. The second-order valence-corrected chi connectivity index (χ2v) is 8.18.